The lowest BCUT2D eigenvalue weighted by Crippen LogP contribution is -2.35. The molecule has 4 nitrogen and oxygen atoms in total. The van der Waals surface area contributed by atoms with Crippen LogP contribution in [0.3, 0.4) is 0 Å². The van der Waals surface area contributed by atoms with Crippen molar-refractivity contribution in [2.24, 2.45) is 0 Å². The van der Waals surface area contributed by atoms with Crippen LogP contribution in [-0.4, -0.2) is 38.3 Å². The Morgan fingerprint density at radius 3 is 2.90 bits per heavy atom. The SMILES string of the molecule is O=C(NCCOC1CCNCC1)c1ccc(Cl)cc1F. The van der Waals surface area contributed by atoms with Gasteiger partial charge in [-0.2, -0.15) is 0 Å². The lowest BCUT2D eigenvalue weighted by atomic mass is 10.1. The molecular formula is C14H18ClFN2O2. The van der Waals surface area contributed by atoms with E-state index in [-0.39, 0.29) is 16.7 Å². The van der Waals surface area contributed by atoms with E-state index >= 15 is 0 Å². The van der Waals surface area contributed by atoms with Gasteiger partial charge in [-0.3, -0.25) is 4.79 Å². The molecule has 1 fully saturated rings. The molecule has 110 valence electrons. The van der Waals surface area contributed by atoms with Crippen LogP contribution >= 0.6 is 11.6 Å². The van der Waals surface area contributed by atoms with Crippen LogP contribution in [0.1, 0.15) is 23.2 Å². The molecule has 2 rings (SSSR count). The van der Waals surface area contributed by atoms with E-state index < -0.39 is 11.7 Å². The Kier molecular flexibility index (Phi) is 5.76. The van der Waals surface area contributed by atoms with Gasteiger partial charge in [0.05, 0.1) is 18.3 Å². The van der Waals surface area contributed by atoms with Crippen LogP contribution in [0.2, 0.25) is 5.02 Å². The zero-order valence-electron chi connectivity index (χ0n) is 11.1. The van der Waals surface area contributed by atoms with Crippen molar-refractivity contribution in [2.75, 3.05) is 26.2 Å². The Hall–Kier alpha value is -1.17. The first-order valence-corrected chi connectivity index (χ1v) is 7.10. The third-order valence-electron chi connectivity index (χ3n) is 3.20. The van der Waals surface area contributed by atoms with Crippen LogP contribution < -0.4 is 10.6 Å². The van der Waals surface area contributed by atoms with E-state index in [9.17, 15) is 9.18 Å². The number of hydrogen-bond acceptors (Lipinski definition) is 3. The van der Waals surface area contributed by atoms with Crippen LogP contribution in [0, 0.1) is 5.82 Å². The predicted molar refractivity (Wildman–Crippen MR) is 75.6 cm³/mol. The van der Waals surface area contributed by atoms with Gasteiger partial charge in [0.25, 0.3) is 5.91 Å². The van der Waals surface area contributed by atoms with Crippen LogP contribution in [0.4, 0.5) is 4.39 Å². The fourth-order valence-corrected chi connectivity index (χ4v) is 2.28. The van der Waals surface area contributed by atoms with Gasteiger partial charge in [0.15, 0.2) is 0 Å². The number of amides is 1. The number of carbonyl (C=O) groups is 1. The number of carbonyl (C=O) groups excluding carboxylic acids is 1. The Balaban J connectivity index is 1.72. The molecule has 0 radical (unpaired) electrons. The highest BCUT2D eigenvalue weighted by atomic mass is 35.5. The molecular weight excluding hydrogens is 283 g/mol. The van der Waals surface area contributed by atoms with Crippen LogP contribution in [0.5, 0.6) is 0 Å². The molecule has 6 heteroatoms. The maximum atomic E-state index is 13.5. The Morgan fingerprint density at radius 2 is 2.20 bits per heavy atom. The molecule has 1 aliphatic heterocycles. The van der Waals surface area contributed by atoms with Gasteiger partial charge >= 0.3 is 0 Å². The molecule has 0 unspecified atom stereocenters. The van der Waals surface area contributed by atoms with Gasteiger partial charge in [0, 0.05) is 11.6 Å². The summed E-state index contributed by atoms with van der Waals surface area (Å²) in [4.78, 5) is 11.8. The summed E-state index contributed by atoms with van der Waals surface area (Å²) >= 11 is 5.64. The molecule has 2 N–H and O–H groups in total. The minimum absolute atomic E-state index is 0.00346. The van der Waals surface area contributed by atoms with Crippen molar-refractivity contribution in [1.82, 2.24) is 10.6 Å². The lowest BCUT2D eigenvalue weighted by molar-refractivity contribution is 0.0343. The normalized spacial score (nSPS) is 16.1. The highest BCUT2D eigenvalue weighted by Gasteiger charge is 2.14. The van der Waals surface area contributed by atoms with E-state index in [4.69, 9.17) is 16.3 Å². The van der Waals surface area contributed by atoms with Gasteiger partial charge in [-0.25, -0.2) is 4.39 Å². The number of benzene rings is 1. The van der Waals surface area contributed by atoms with Crippen molar-refractivity contribution in [3.8, 4) is 0 Å². The molecule has 0 atom stereocenters. The Labute approximate surface area is 122 Å². The van der Waals surface area contributed by atoms with E-state index in [2.05, 4.69) is 10.6 Å². The lowest BCUT2D eigenvalue weighted by Gasteiger charge is -2.22. The minimum Gasteiger partial charge on any atom is -0.376 e. The number of rotatable bonds is 5. The number of piperidine rings is 1. The van der Waals surface area contributed by atoms with Crippen LogP contribution in [0.15, 0.2) is 18.2 Å². The molecule has 1 aliphatic rings. The van der Waals surface area contributed by atoms with Gasteiger partial charge in [-0.05, 0) is 44.1 Å². The van der Waals surface area contributed by atoms with Crippen molar-refractivity contribution < 1.29 is 13.9 Å². The van der Waals surface area contributed by atoms with Crippen molar-refractivity contribution >= 4 is 17.5 Å². The van der Waals surface area contributed by atoms with Crippen molar-refractivity contribution in [1.29, 1.82) is 0 Å². The summed E-state index contributed by atoms with van der Waals surface area (Å²) in [5.74, 6) is -1.07. The van der Waals surface area contributed by atoms with Gasteiger partial charge in [0.2, 0.25) is 0 Å². The molecule has 1 amide bonds. The first-order valence-electron chi connectivity index (χ1n) is 6.72. The van der Waals surface area contributed by atoms with Gasteiger partial charge < -0.3 is 15.4 Å². The van der Waals surface area contributed by atoms with Crippen LogP contribution in [-0.2, 0) is 4.74 Å². The summed E-state index contributed by atoms with van der Waals surface area (Å²) in [6, 6.07) is 3.99. The van der Waals surface area contributed by atoms with Crippen LogP contribution in [0.25, 0.3) is 0 Å². The topological polar surface area (TPSA) is 50.4 Å². The maximum Gasteiger partial charge on any atom is 0.254 e. The van der Waals surface area contributed by atoms with E-state index in [1.807, 2.05) is 0 Å². The number of halogens is 2. The van der Waals surface area contributed by atoms with Gasteiger partial charge in [-0.15, -0.1) is 0 Å². The number of hydrogen-bond donors (Lipinski definition) is 2. The van der Waals surface area contributed by atoms with E-state index in [0.29, 0.717) is 13.2 Å². The third-order valence-corrected chi connectivity index (χ3v) is 3.44. The molecule has 0 aliphatic carbocycles. The van der Waals surface area contributed by atoms with E-state index in [1.165, 1.54) is 12.1 Å². The molecule has 1 aromatic carbocycles. The second-order valence-corrected chi connectivity index (χ2v) is 5.14. The van der Waals surface area contributed by atoms with Crippen molar-refractivity contribution in [2.45, 2.75) is 18.9 Å². The summed E-state index contributed by atoms with van der Waals surface area (Å²) in [6.07, 6.45) is 2.22. The Morgan fingerprint density at radius 1 is 1.45 bits per heavy atom. The average molecular weight is 301 g/mol. The average Bonchev–Trinajstić information content (AvgIpc) is 2.44. The molecule has 0 spiro atoms. The molecule has 1 saturated heterocycles. The first kappa shape index (κ1) is 15.2. The summed E-state index contributed by atoms with van der Waals surface area (Å²) in [5.41, 5.74) is -0.00346. The highest BCUT2D eigenvalue weighted by Crippen LogP contribution is 2.14. The van der Waals surface area contributed by atoms with Crippen molar-refractivity contribution in [3.63, 3.8) is 0 Å². The summed E-state index contributed by atoms with van der Waals surface area (Å²) in [6.45, 7) is 2.73. The molecule has 0 aromatic heterocycles. The smallest absolute Gasteiger partial charge is 0.254 e. The summed E-state index contributed by atoms with van der Waals surface area (Å²) in [5, 5.41) is 6.16. The minimum atomic E-state index is -0.616. The molecule has 1 aromatic rings. The fraction of sp³-hybridized carbons (Fsp3) is 0.500. The van der Waals surface area contributed by atoms with Gasteiger partial charge in [0.1, 0.15) is 5.82 Å². The maximum absolute atomic E-state index is 13.5. The number of ether oxygens (including phenoxy) is 1. The highest BCUT2D eigenvalue weighted by molar-refractivity contribution is 6.30. The van der Waals surface area contributed by atoms with E-state index in [0.717, 1.165) is 32.0 Å². The third kappa shape index (κ3) is 4.44. The monoisotopic (exact) mass is 300 g/mol. The molecule has 1 heterocycles. The summed E-state index contributed by atoms with van der Waals surface area (Å²) in [7, 11) is 0. The zero-order chi connectivity index (χ0) is 14.4. The quantitative estimate of drug-likeness (QED) is 0.818. The molecule has 20 heavy (non-hydrogen) atoms. The van der Waals surface area contributed by atoms with Gasteiger partial charge in [-0.1, -0.05) is 11.6 Å². The second kappa shape index (κ2) is 7.57. The zero-order valence-corrected chi connectivity index (χ0v) is 11.9. The second-order valence-electron chi connectivity index (χ2n) is 4.70. The molecule has 0 saturated carbocycles. The standard InChI is InChI=1S/C14H18ClFN2O2/c15-10-1-2-12(13(16)9-10)14(19)18-7-8-20-11-3-5-17-6-4-11/h1-2,9,11,17H,3-8H2,(H,18,19). The summed E-state index contributed by atoms with van der Waals surface area (Å²) < 4.78 is 19.2. The molecule has 0 bridgehead atoms. The fourth-order valence-electron chi connectivity index (χ4n) is 2.12. The first-order chi connectivity index (χ1) is 9.66. The van der Waals surface area contributed by atoms with Crippen molar-refractivity contribution in [3.05, 3.63) is 34.6 Å². The number of nitrogens with one attached hydrogen (secondary N) is 2. The largest absolute Gasteiger partial charge is 0.376 e. The Bertz CT molecular complexity index is 464. The van der Waals surface area contributed by atoms with E-state index in [1.54, 1.807) is 0 Å². The predicted octanol–water partition coefficient (Wildman–Crippen LogP) is 1.98.